The molecule has 0 spiro atoms. The van der Waals surface area contributed by atoms with Crippen LogP contribution in [0.3, 0.4) is 0 Å². The van der Waals surface area contributed by atoms with E-state index in [-0.39, 0.29) is 13.2 Å². The van der Waals surface area contributed by atoms with Gasteiger partial charge < -0.3 is 14.9 Å². The molecule has 1 unspecified atom stereocenters. The van der Waals surface area contributed by atoms with Crippen LogP contribution < -0.4 is 5.32 Å². The second kappa shape index (κ2) is 6.63. The molecule has 14 heavy (non-hydrogen) atoms. The van der Waals surface area contributed by atoms with E-state index < -0.39 is 17.2 Å². The van der Waals surface area contributed by atoms with Crippen molar-refractivity contribution in [2.45, 2.75) is 13.0 Å². The van der Waals surface area contributed by atoms with E-state index in [1.165, 1.54) is 6.92 Å². The van der Waals surface area contributed by atoms with Crippen LogP contribution in [0.4, 0.5) is 0 Å². The average molecular weight is 206 g/mol. The van der Waals surface area contributed by atoms with Gasteiger partial charge >= 0.3 is 5.97 Å². The predicted octanol–water partition coefficient (Wildman–Crippen LogP) is -1.13. The smallest absolute Gasteiger partial charge is 0.325 e. The number of nitrogens with zero attached hydrogens (tertiary/aromatic N) is 1. The van der Waals surface area contributed by atoms with Gasteiger partial charge in [0.1, 0.15) is 19.3 Å². The van der Waals surface area contributed by atoms with E-state index in [2.05, 4.69) is 14.9 Å². The Bertz CT molecular complexity index is 218. The van der Waals surface area contributed by atoms with Crippen molar-refractivity contribution in [1.29, 1.82) is 0 Å². The number of amides is 1. The van der Waals surface area contributed by atoms with E-state index in [4.69, 9.17) is 0 Å². The lowest BCUT2D eigenvalue weighted by Gasteiger charge is -2.09. The van der Waals surface area contributed by atoms with Crippen LogP contribution in [0.25, 0.3) is 0 Å². The monoisotopic (exact) mass is 206 g/mol. The Morgan fingerprint density at radius 3 is 2.86 bits per heavy atom. The van der Waals surface area contributed by atoms with Crippen molar-refractivity contribution >= 4 is 12.4 Å². The fourth-order valence-corrected chi connectivity index (χ4v) is 0.564. The summed E-state index contributed by atoms with van der Waals surface area (Å²) in [6.45, 7) is 0.873. The molecular formula is C6H10N2O6. The molecule has 0 aliphatic carbocycles. The van der Waals surface area contributed by atoms with Gasteiger partial charge in [-0.2, -0.15) is 0 Å². The summed E-state index contributed by atoms with van der Waals surface area (Å²) in [6, 6.07) is 0. The number of ether oxygens (including phenoxy) is 1. The summed E-state index contributed by atoms with van der Waals surface area (Å²) in [6.07, 6.45) is -0.483. The lowest BCUT2D eigenvalue weighted by Crippen LogP contribution is -2.27. The number of hydrogen-bond donors (Lipinski definition) is 1. The molecule has 0 bridgehead atoms. The number of nitrogens with one attached hydrogen (secondary N) is 1. The van der Waals surface area contributed by atoms with Crippen LogP contribution in [-0.4, -0.2) is 36.7 Å². The van der Waals surface area contributed by atoms with Crippen molar-refractivity contribution in [2.75, 3.05) is 13.2 Å². The molecular weight excluding hydrogens is 196 g/mol. The Morgan fingerprint density at radius 1 is 1.71 bits per heavy atom. The summed E-state index contributed by atoms with van der Waals surface area (Å²) in [5, 5.41) is 10.9. The van der Waals surface area contributed by atoms with Gasteiger partial charge in [-0.25, -0.2) is 0 Å². The summed E-state index contributed by atoms with van der Waals surface area (Å²) in [5.41, 5.74) is 0. The van der Waals surface area contributed by atoms with E-state index in [0.29, 0.717) is 6.41 Å². The van der Waals surface area contributed by atoms with Crippen LogP contribution in [0, 0.1) is 10.1 Å². The fraction of sp³-hybridized carbons (Fsp3) is 0.667. The zero-order valence-corrected chi connectivity index (χ0v) is 7.47. The average Bonchev–Trinajstić information content (AvgIpc) is 2.10. The van der Waals surface area contributed by atoms with E-state index in [1.54, 1.807) is 0 Å². The molecule has 0 aromatic carbocycles. The van der Waals surface area contributed by atoms with Gasteiger partial charge in [0.2, 0.25) is 6.41 Å². The van der Waals surface area contributed by atoms with Gasteiger partial charge in [-0.3, -0.25) is 9.59 Å². The molecule has 0 aliphatic heterocycles. The second-order valence-corrected chi connectivity index (χ2v) is 2.32. The molecule has 8 heteroatoms. The van der Waals surface area contributed by atoms with Gasteiger partial charge in [0.25, 0.3) is 5.09 Å². The van der Waals surface area contributed by atoms with Gasteiger partial charge in [0.15, 0.2) is 0 Å². The highest BCUT2D eigenvalue weighted by Gasteiger charge is 2.09. The van der Waals surface area contributed by atoms with Crippen molar-refractivity contribution in [3.05, 3.63) is 10.1 Å². The lowest BCUT2D eigenvalue weighted by molar-refractivity contribution is -0.767. The van der Waals surface area contributed by atoms with Gasteiger partial charge in [-0.05, 0) is 6.92 Å². The standard InChI is InChI=1S/C6H10N2O6/c1-5(14-8(11)12)3-13-6(10)2-7-4-9/h4-5H,2-3H2,1H3,(H,7,9). The van der Waals surface area contributed by atoms with E-state index >= 15 is 0 Å². The Labute approximate surface area is 79.3 Å². The molecule has 1 N–H and O–H groups in total. The lowest BCUT2D eigenvalue weighted by atomic mass is 10.4. The van der Waals surface area contributed by atoms with Crippen molar-refractivity contribution in [1.82, 2.24) is 5.32 Å². The highest BCUT2D eigenvalue weighted by Crippen LogP contribution is 1.92. The maximum atomic E-state index is 10.7. The van der Waals surface area contributed by atoms with Gasteiger partial charge in [-0.15, -0.1) is 10.1 Å². The number of esters is 1. The third kappa shape index (κ3) is 6.83. The van der Waals surface area contributed by atoms with Crippen LogP contribution in [0.15, 0.2) is 0 Å². The fourth-order valence-electron chi connectivity index (χ4n) is 0.564. The predicted molar refractivity (Wildman–Crippen MR) is 42.6 cm³/mol. The van der Waals surface area contributed by atoms with Gasteiger partial charge in [0.05, 0.1) is 0 Å². The minimum atomic E-state index is -0.970. The molecule has 0 radical (unpaired) electrons. The third-order valence-corrected chi connectivity index (χ3v) is 1.07. The first-order chi connectivity index (χ1) is 6.56. The Kier molecular flexibility index (Phi) is 5.75. The molecule has 0 aliphatic rings. The topological polar surface area (TPSA) is 108 Å². The zero-order chi connectivity index (χ0) is 11.0. The molecule has 0 aromatic heterocycles. The summed E-state index contributed by atoms with van der Waals surface area (Å²) >= 11 is 0. The highest BCUT2D eigenvalue weighted by molar-refractivity contribution is 5.73. The largest absolute Gasteiger partial charge is 0.462 e. The minimum Gasteiger partial charge on any atom is -0.462 e. The van der Waals surface area contributed by atoms with Crippen LogP contribution in [0.2, 0.25) is 0 Å². The first-order valence-electron chi connectivity index (χ1n) is 3.70. The number of hydrogen-bond acceptors (Lipinski definition) is 6. The number of carbonyl (C=O) groups is 2. The molecule has 0 saturated carbocycles. The number of carbonyl (C=O) groups excluding carboxylic acids is 2. The molecule has 0 aromatic rings. The summed E-state index contributed by atoms with van der Waals surface area (Å²) in [5.74, 6) is -0.684. The maximum absolute atomic E-state index is 10.7. The summed E-state index contributed by atoms with van der Waals surface area (Å²) in [7, 11) is 0. The molecule has 0 fully saturated rings. The van der Waals surface area contributed by atoms with Crippen LogP contribution in [0.1, 0.15) is 6.92 Å². The SMILES string of the molecule is CC(COC(=O)CNC=O)O[N+](=O)[O-]. The summed E-state index contributed by atoms with van der Waals surface area (Å²) < 4.78 is 4.52. The maximum Gasteiger partial charge on any atom is 0.325 e. The van der Waals surface area contributed by atoms with Gasteiger partial charge in [-0.1, -0.05) is 0 Å². The molecule has 1 amide bonds. The quantitative estimate of drug-likeness (QED) is 0.244. The molecule has 80 valence electrons. The zero-order valence-electron chi connectivity index (χ0n) is 7.47. The molecule has 0 heterocycles. The van der Waals surface area contributed by atoms with E-state index in [1.807, 2.05) is 0 Å². The molecule has 1 atom stereocenters. The highest BCUT2D eigenvalue weighted by atomic mass is 17.0. The first kappa shape index (κ1) is 12.1. The van der Waals surface area contributed by atoms with Crippen LogP contribution in [0.5, 0.6) is 0 Å². The molecule has 0 rings (SSSR count). The van der Waals surface area contributed by atoms with Crippen molar-refractivity contribution in [2.24, 2.45) is 0 Å². The Morgan fingerprint density at radius 2 is 2.36 bits per heavy atom. The minimum absolute atomic E-state index is 0.236. The van der Waals surface area contributed by atoms with Crippen molar-refractivity contribution in [3.63, 3.8) is 0 Å². The third-order valence-electron chi connectivity index (χ3n) is 1.07. The normalized spacial score (nSPS) is 11.2. The Balaban J connectivity index is 3.55. The molecule has 8 nitrogen and oxygen atoms in total. The molecule has 0 saturated heterocycles. The van der Waals surface area contributed by atoms with Crippen molar-refractivity contribution < 1.29 is 24.3 Å². The number of rotatable bonds is 7. The van der Waals surface area contributed by atoms with Crippen molar-refractivity contribution in [3.8, 4) is 0 Å². The van der Waals surface area contributed by atoms with Gasteiger partial charge in [0, 0.05) is 0 Å². The van der Waals surface area contributed by atoms with Crippen LogP contribution >= 0.6 is 0 Å². The second-order valence-electron chi connectivity index (χ2n) is 2.32. The van der Waals surface area contributed by atoms with E-state index in [0.717, 1.165) is 0 Å². The summed E-state index contributed by atoms with van der Waals surface area (Å²) in [4.78, 5) is 34.4. The van der Waals surface area contributed by atoms with Crippen LogP contribution in [-0.2, 0) is 19.2 Å². The first-order valence-corrected chi connectivity index (χ1v) is 3.70. The Hall–Kier alpha value is -1.86. The van der Waals surface area contributed by atoms with E-state index in [9.17, 15) is 19.7 Å².